The number of hydrogen-bond donors (Lipinski definition) is 2. The van der Waals surface area contributed by atoms with E-state index in [0.29, 0.717) is 23.3 Å². The topological polar surface area (TPSA) is 40.5 Å². The first-order chi connectivity index (χ1) is 9.74. The number of aromatic hydroxyl groups is 2. The molecule has 2 unspecified atom stereocenters. The van der Waals surface area contributed by atoms with Gasteiger partial charge in [-0.1, -0.05) is 37.1 Å². The van der Waals surface area contributed by atoms with Crippen LogP contribution < -0.4 is 0 Å². The lowest BCUT2D eigenvalue weighted by Crippen LogP contribution is -2.16. The van der Waals surface area contributed by atoms with Gasteiger partial charge in [-0.2, -0.15) is 0 Å². The fourth-order valence-corrected chi connectivity index (χ4v) is 3.37. The van der Waals surface area contributed by atoms with Gasteiger partial charge in [-0.25, -0.2) is 0 Å². The summed E-state index contributed by atoms with van der Waals surface area (Å²) in [6, 6.07) is 15.3. The van der Waals surface area contributed by atoms with Crippen molar-refractivity contribution in [2.24, 2.45) is 0 Å². The molecule has 0 amide bonds. The van der Waals surface area contributed by atoms with Gasteiger partial charge in [0.2, 0.25) is 0 Å². The van der Waals surface area contributed by atoms with Crippen LogP contribution in [-0.4, -0.2) is 10.2 Å². The van der Waals surface area contributed by atoms with Gasteiger partial charge in [0.1, 0.15) is 11.5 Å². The van der Waals surface area contributed by atoms with Gasteiger partial charge in [-0.3, -0.25) is 0 Å². The minimum atomic E-state index is 0.325. The molecular weight excluding hydrogens is 248 g/mol. The number of phenols is 2. The molecule has 1 aliphatic carbocycles. The van der Waals surface area contributed by atoms with Crippen LogP contribution in [0, 0.1) is 0 Å². The van der Waals surface area contributed by atoms with Crippen molar-refractivity contribution < 1.29 is 10.2 Å². The first-order valence-electron chi connectivity index (χ1n) is 7.32. The highest BCUT2D eigenvalue weighted by molar-refractivity contribution is 5.35. The lowest BCUT2D eigenvalue weighted by atomic mass is 9.72. The van der Waals surface area contributed by atoms with Gasteiger partial charge < -0.3 is 10.2 Å². The SMILES string of the molecule is Oc1ccc(C2CCCCC2c2ccc(O)cc2)cc1. The zero-order chi connectivity index (χ0) is 13.9. The van der Waals surface area contributed by atoms with Crippen LogP contribution in [0.2, 0.25) is 0 Å². The van der Waals surface area contributed by atoms with E-state index in [-0.39, 0.29) is 0 Å². The van der Waals surface area contributed by atoms with Crippen molar-refractivity contribution in [2.75, 3.05) is 0 Å². The number of rotatable bonds is 2. The molecule has 0 aromatic heterocycles. The maximum absolute atomic E-state index is 9.44. The molecule has 2 aromatic rings. The van der Waals surface area contributed by atoms with Gasteiger partial charge in [-0.15, -0.1) is 0 Å². The van der Waals surface area contributed by atoms with Crippen molar-refractivity contribution >= 4 is 0 Å². The molecule has 1 aliphatic rings. The first kappa shape index (κ1) is 13.0. The average Bonchev–Trinajstić information content (AvgIpc) is 2.49. The molecule has 0 radical (unpaired) electrons. The predicted octanol–water partition coefficient (Wildman–Crippen LogP) is 4.54. The highest BCUT2D eigenvalue weighted by Gasteiger charge is 2.27. The molecule has 1 fully saturated rings. The molecule has 3 rings (SSSR count). The molecule has 2 aromatic carbocycles. The first-order valence-corrected chi connectivity index (χ1v) is 7.32. The predicted molar refractivity (Wildman–Crippen MR) is 80.2 cm³/mol. The van der Waals surface area contributed by atoms with Gasteiger partial charge in [0.05, 0.1) is 0 Å². The summed E-state index contributed by atoms with van der Waals surface area (Å²) in [5.74, 6) is 1.67. The van der Waals surface area contributed by atoms with Crippen LogP contribution in [0.3, 0.4) is 0 Å². The van der Waals surface area contributed by atoms with E-state index in [0.717, 1.165) is 0 Å². The maximum Gasteiger partial charge on any atom is 0.115 e. The van der Waals surface area contributed by atoms with Crippen molar-refractivity contribution in [2.45, 2.75) is 37.5 Å². The van der Waals surface area contributed by atoms with Gasteiger partial charge in [0.25, 0.3) is 0 Å². The van der Waals surface area contributed by atoms with Crippen molar-refractivity contribution in [1.82, 2.24) is 0 Å². The molecule has 104 valence electrons. The molecule has 0 spiro atoms. The van der Waals surface area contributed by atoms with E-state index in [4.69, 9.17) is 0 Å². The second-order valence-electron chi connectivity index (χ2n) is 5.68. The monoisotopic (exact) mass is 268 g/mol. The van der Waals surface area contributed by atoms with Gasteiger partial charge in [0.15, 0.2) is 0 Å². The van der Waals surface area contributed by atoms with Crippen LogP contribution in [0.1, 0.15) is 48.6 Å². The normalized spacial score (nSPS) is 22.6. The average molecular weight is 268 g/mol. The van der Waals surface area contributed by atoms with Crippen LogP contribution in [0.25, 0.3) is 0 Å². The molecule has 2 heteroatoms. The second-order valence-corrected chi connectivity index (χ2v) is 5.68. The van der Waals surface area contributed by atoms with Gasteiger partial charge in [0, 0.05) is 0 Å². The largest absolute Gasteiger partial charge is 0.508 e. The highest BCUT2D eigenvalue weighted by Crippen LogP contribution is 2.44. The molecule has 0 saturated heterocycles. The van der Waals surface area contributed by atoms with Crippen molar-refractivity contribution in [3.63, 3.8) is 0 Å². The highest BCUT2D eigenvalue weighted by atomic mass is 16.3. The van der Waals surface area contributed by atoms with E-state index >= 15 is 0 Å². The number of benzene rings is 2. The Kier molecular flexibility index (Phi) is 3.64. The Morgan fingerprint density at radius 1 is 0.600 bits per heavy atom. The molecule has 2 atom stereocenters. The van der Waals surface area contributed by atoms with Crippen LogP contribution >= 0.6 is 0 Å². The van der Waals surface area contributed by atoms with E-state index in [2.05, 4.69) is 0 Å². The minimum absolute atomic E-state index is 0.325. The quantitative estimate of drug-likeness (QED) is 0.839. The number of hydrogen-bond acceptors (Lipinski definition) is 2. The van der Waals surface area contributed by atoms with Gasteiger partial charge >= 0.3 is 0 Å². The zero-order valence-corrected chi connectivity index (χ0v) is 11.5. The van der Waals surface area contributed by atoms with Crippen LogP contribution in [0.4, 0.5) is 0 Å². The molecule has 0 heterocycles. The molecule has 20 heavy (non-hydrogen) atoms. The fourth-order valence-electron chi connectivity index (χ4n) is 3.37. The summed E-state index contributed by atoms with van der Waals surface area (Å²) in [6.45, 7) is 0. The number of phenolic OH excluding ortho intramolecular Hbond substituents is 2. The summed E-state index contributed by atoms with van der Waals surface area (Å²) in [4.78, 5) is 0. The van der Waals surface area contributed by atoms with E-state index in [9.17, 15) is 10.2 Å². The van der Waals surface area contributed by atoms with Crippen LogP contribution in [0.15, 0.2) is 48.5 Å². The molecular formula is C18H20O2. The standard InChI is InChI=1S/C18H20O2/c19-15-9-5-13(6-10-15)17-3-1-2-4-18(17)14-7-11-16(20)12-8-14/h5-12,17-20H,1-4H2. The third-order valence-corrected chi connectivity index (χ3v) is 4.41. The Labute approximate surface area is 119 Å². The van der Waals surface area contributed by atoms with E-state index < -0.39 is 0 Å². The van der Waals surface area contributed by atoms with E-state index in [1.54, 1.807) is 24.3 Å². The Bertz CT molecular complexity index is 503. The van der Waals surface area contributed by atoms with Crippen molar-refractivity contribution in [1.29, 1.82) is 0 Å². The Hall–Kier alpha value is -1.96. The second kappa shape index (κ2) is 5.58. The third-order valence-electron chi connectivity index (χ3n) is 4.41. The summed E-state index contributed by atoms with van der Waals surface area (Å²) in [5.41, 5.74) is 2.61. The molecule has 2 nitrogen and oxygen atoms in total. The zero-order valence-electron chi connectivity index (χ0n) is 11.5. The molecule has 0 bridgehead atoms. The van der Waals surface area contributed by atoms with Crippen molar-refractivity contribution in [3.05, 3.63) is 59.7 Å². The van der Waals surface area contributed by atoms with E-state index in [1.165, 1.54) is 36.8 Å². The van der Waals surface area contributed by atoms with E-state index in [1.807, 2.05) is 24.3 Å². The molecule has 1 saturated carbocycles. The lowest BCUT2D eigenvalue weighted by Gasteiger charge is -2.32. The summed E-state index contributed by atoms with van der Waals surface area (Å²) >= 11 is 0. The molecule has 2 N–H and O–H groups in total. The lowest BCUT2D eigenvalue weighted by molar-refractivity contribution is 0.385. The Morgan fingerprint density at radius 2 is 0.950 bits per heavy atom. The van der Waals surface area contributed by atoms with Crippen LogP contribution in [0.5, 0.6) is 11.5 Å². The fraction of sp³-hybridized carbons (Fsp3) is 0.333. The van der Waals surface area contributed by atoms with Crippen LogP contribution in [-0.2, 0) is 0 Å². The Balaban J connectivity index is 1.90. The van der Waals surface area contributed by atoms with Gasteiger partial charge in [-0.05, 0) is 60.1 Å². The van der Waals surface area contributed by atoms with Crippen molar-refractivity contribution in [3.8, 4) is 11.5 Å². The Morgan fingerprint density at radius 3 is 1.30 bits per heavy atom. The summed E-state index contributed by atoms with van der Waals surface area (Å²) < 4.78 is 0. The summed E-state index contributed by atoms with van der Waals surface area (Å²) in [7, 11) is 0. The third kappa shape index (κ3) is 2.64. The smallest absolute Gasteiger partial charge is 0.115 e. The maximum atomic E-state index is 9.44. The minimum Gasteiger partial charge on any atom is -0.508 e. The molecule has 0 aliphatic heterocycles. The summed E-state index contributed by atoms with van der Waals surface area (Å²) in [5, 5.41) is 18.9. The summed E-state index contributed by atoms with van der Waals surface area (Å²) in [6.07, 6.45) is 4.91.